The highest BCUT2D eigenvalue weighted by Gasteiger charge is 2.12. The Morgan fingerprint density at radius 3 is 2.65 bits per heavy atom. The number of halogens is 2. The van der Waals surface area contributed by atoms with Gasteiger partial charge in [0.05, 0.1) is 5.56 Å². The van der Waals surface area contributed by atoms with Crippen molar-refractivity contribution in [3.05, 3.63) is 81.7 Å². The average molecular weight is 315 g/mol. The lowest BCUT2D eigenvalue weighted by molar-refractivity contribution is 0.0947. The predicted molar refractivity (Wildman–Crippen MR) is 80.0 cm³/mol. The molecule has 3 rings (SSSR count). The minimum atomic E-state index is -0.654. The second kappa shape index (κ2) is 6.00. The van der Waals surface area contributed by atoms with Gasteiger partial charge in [-0.1, -0.05) is 12.1 Å². The van der Waals surface area contributed by atoms with Crippen molar-refractivity contribution >= 4 is 16.9 Å². The van der Waals surface area contributed by atoms with Crippen LogP contribution in [-0.2, 0) is 6.54 Å². The van der Waals surface area contributed by atoms with Crippen molar-refractivity contribution in [3.8, 4) is 0 Å². The molecule has 4 nitrogen and oxygen atoms in total. The molecule has 2 aromatic carbocycles. The van der Waals surface area contributed by atoms with E-state index in [0.29, 0.717) is 10.9 Å². The van der Waals surface area contributed by atoms with Crippen molar-refractivity contribution < 1.29 is 18.0 Å². The first-order chi connectivity index (χ1) is 11.0. The number of nitrogens with one attached hydrogen (secondary N) is 1. The Morgan fingerprint density at radius 1 is 1.09 bits per heavy atom. The van der Waals surface area contributed by atoms with Gasteiger partial charge >= 0.3 is 5.63 Å². The van der Waals surface area contributed by atoms with Crippen molar-refractivity contribution in [2.24, 2.45) is 0 Å². The fourth-order valence-corrected chi connectivity index (χ4v) is 2.27. The molecular weight excluding hydrogens is 304 g/mol. The fraction of sp³-hybridized carbons (Fsp3) is 0.0588. The van der Waals surface area contributed by atoms with E-state index >= 15 is 0 Å². The van der Waals surface area contributed by atoms with Gasteiger partial charge in [0.25, 0.3) is 5.91 Å². The van der Waals surface area contributed by atoms with Gasteiger partial charge in [0.15, 0.2) is 0 Å². The van der Waals surface area contributed by atoms with Crippen LogP contribution in [0.1, 0.15) is 15.9 Å². The minimum absolute atomic E-state index is 0.0130. The van der Waals surface area contributed by atoms with Crippen LogP contribution < -0.4 is 10.9 Å². The van der Waals surface area contributed by atoms with E-state index in [1.807, 2.05) is 0 Å². The third-order valence-corrected chi connectivity index (χ3v) is 3.35. The van der Waals surface area contributed by atoms with E-state index in [1.54, 1.807) is 6.07 Å². The maximum absolute atomic E-state index is 13.6. The summed E-state index contributed by atoms with van der Waals surface area (Å²) < 4.78 is 31.7. The summed E-state index contributed by atoms with van der Waals surface area (Å²) in [5.41, 5.74) is -0.197. The van der Waals surface area contributed by atoms with Crippen LogP contribution in [0.4, 0.5) is 8.78 Å². The minimum Gasteiger partial charge on any atom is -0.423 e. The molecule has 6 heteroatoms. The first-order valence-corrected chi connectivity index (χ1v) is 6.79. The maximum Gasteiger partial charge on any atom is 0.336 e. The molecule has 3 aromatic rings. The summed E-state index contributed by atoms with van der Waals surface area (Å²) >= 11 is 0. The van der Waals surface area contributed by atoms with E-state index in [0.717, 1.165) is 6.07 Å². The Kier molecular flexibility index (Phi) is 3.89. The van der Waals surface area contributed by atoms with E-state index < -0.39 is 23.2 Å². The van der Waals surface area contributed by atoms with Gasteiger partial charge in [-0.3, -0.25) is 4.79 Å². The largest absolute Gasteiger partial charge is 0.423 e. The maximum atomic E-state index is 13.6. The van der Waals surface area contributed by atoms with Crippen LogP contribution in [0, 0.1) is 11.6 Å². The SMILES string of the molecule is O=C(NCc1cc(=O)oc2cc(F)ccc12)c1ccccc1F. The molecule has 1 aromatic heterocycles. The highest BCUT2D eigenvalue weighted by atomic mass is 19.1. The van der Waals surface area contributed by atoms with E-state index in [9.17, 15) is 18.4 Å². The Labute approximate surface area is 129 Å². The number of carbonyl (C=O) groups excluding carboxylic acids is 1. The first kappa shape index (κ1) is 14.9. The molecule has 1 heterocycles. The van der Waals surface area contributed by atoms with E-state index in [1.165, 1.54) is 36.4 Å². The van der Waals surface area contributed by atoms with Crippen LogP contribution in [0.25, 0.3) is 11.0 Å². The number of carbonyl (C=O) groups is 1. The van der Waals surface area contributed by atoms with Crippen molar-refractivity contribution in [2.45, 2.75) is 6.54 Å². The Morgan fingerprint density at radius 2 is 1.87 bits per heavy atom. The van der Waals surface area contributed by atoms with Gasteiger partial charge in [0.1, 0.15) is 17.2 Å². The molecule has 0 saturated heterocycles. The zero-order chi connectivity index (χ0) is 16.4. The number of fused-ring (bicyclic) bond motifs is 1. The molecule has 0 bridgehead atoms. The third-order valence-electron chi connectivity index (χ3n) is 3.35. The second-order valence-corrected chi connectivity index (χ2v) is 4.89. The fourth-order valence-electron chi connectivity index (χ4n) is 2.27. The molecule has 0 spiro atoms. The zero-order valence-electron chi connectivity index (χ0n) is 11.8. The van der Waals surface area contributed by atoms with Gasteiger partial charge in [0.2, 0.25) is 0 Å². The number of benzene rings is 2. The highest BCUT2D eigenvalue weighted by molar-refractivity contribution is 5.94. The van der Waals surface area contributed by atoms with Gasteiger partial charge in [-0.25, -0.2) is 13.6 Å². The van der Waals surface area contributed by atoms with Gasteiger partial charge in [-0.15, -0.1) is 0 Å². The van der Waals surface area contributed by atoms with Crippen LogP contribution >= 0.6 is 0 Å². The van der Waals surface area contributed by atoms with Crippen LogP contribution in [0.15, 0.2) is 57.7 Å². The molecule has 23 heavy (non-hydrogen) atoms. The summed E-state index contributed by atoms with van der Waals surface area (Å²) in [6.45, 7) is -0.0130. The van der Waals surface area contributed by atoms with Crippen LogP contribution in [0.3, 0.4) is 0 Å². The molecular formula is C17H11F2NO3. The quantitative estimate of drug-likeness (QED) is 0.756. The molecule has 0 aliphatic rings. The summed E-state index contributed by atoms with van der Waals surface area (Å²) in [6, 6.07) is 10.6. The summed E-state index contributed by atoms with van der Waals surface area (Å²) in [6.07, 6.45) is 0. The summed E-state index contributed by atoms with van der Waals surface area (Å²) in [5.74, 6) is -1.77. The van der Waals surface area contributed by atoms with Crippen molar-refractivity contribution in [1.82, 2.24) is 5.32 Å². The molecule has 0 radical (unpaired) electrons. The van der Waals surface area contributed by atoms with E-state index in [-0.39, 0.29) is 17.7 Å². The van der Waals surface area contributed by atoms with Gasteiger partial charge < -0.3 is 9.73 Å². The normalized spacial score (nSPS) is 10.7. The van der Waals surface area contributed by atoms with Crippen molar-refractivity contribution in [1.29, 1.82) is 0 Å². The molecule has 0 aliphatic heterocycles. The molecule has 116 valence electrons. The molecule has 1 amide bonds. The molecule has 0 atom stereocenters. The van der Waals surface area contributed by atoms with Crippen LogP contribution in [0.5, 0.6) is 0 Å². The number of hydrogen-bond donors (Lipinski definition) is 1. The summed E-state index contributed by atoms with van der Waals surface area (Å²) in [7, 11) is 0. The lowest BCUT2D eigenvalue weighted by atomic mass is 10.1. The zero-order valence-corrected chi connectivity index (χ0v) is 11.8. The monoisotopic (exact) mass is 315 g/mol. The van der Waals surface area contributed by atoms with E-state index in [4.69, 9.17) is 4.42 Å². The molecule has 0 aliphatic carbocycles. The van der Waals surface area contributed by atoms with Crippen molar-refractivity contribution in [2.75, 3.05) is 0 Å². The summed E-state index contributed by atoms with van der Waals surface area (Å²) in [5, 5.41) is 3.04. The Bertz CT molecular complexity index is 950. The predicted octanol–water partition coefficient (Wildman–Crippen LogP) is 3.00. The van der Waals surface area contributed by atoms with Crippen LogP contribution in [-0.4, -0.2) is 5.91 Å². The lowest BCUT2D eigenvalue weighted by Gasteiger charge is -2.08. The van der Waals surface area contributed by atoms with Gasteiger partial charge in [-0.2, -0.15) is 0 Å². The Hall–Kier alpha value is -3.02. The number of hydrogen-bond acceptors (Lipinski definition) is 3. The van der Waals surface area contributed by atoms with E-state index in [2.05, 4.69) is 5.32 Å². The number of rotatable bonds is 3. The first-order valence-electron chi connectivity index (χ1n) is 6.79. The average Bonchev–Trinajstić information content (AvgIpc) is 2.52. The number of amides is 1. The smallest absolute Gasteiger partial charge is 0.336 e. The Balaban J connectivity index is 1.89. The molecule has 0 unspecified atom stereocenters. The topological polar surface area (TPSA) is 59.3 Å². The van der Waals surface area contributed by atoms with Crippen molar-refractivity contribution in [3.63, 3.8) is 0 Å². The van der Waals surface area contributed by atoms with Gasteiger partial charge in [0, 0.05) is 24.1 Å². The molecule has 1 N–H and O–H groups in total. The highest BCUT2D eigenvalue weighted by Crippen LogP contribution is 2.18. The third kappa shape index (κ3) is 3.11. The van der Waals surface area contributed by atoms with Gasteiger partial charge in [-0.05, 0) is 29.8 Å². The lowest BCUT2D eigenvalue weighted by Crippen LogP contribution is -2.24. The summed E-state index contributed by atoms with van der Waals surface area (Å²) in [4.78, 5) is 23.5. The molecule has 0 fully saturated rings. The molecule has 0 saturated carbocycles. The standard InChI is InChI=1S/C17H11F2NO3/c18-11-5-6-12-10(7-16(21)23-15(12)8-11)9-20-17(22)13-3-1-2-4-14(13)19/h1-8H,9H2,(H,20,22). The second-order valence-electron chi connectivity index (χ2n) is 4.89. The van der Waals surface area contributed by atoms with Crippen LogP contribution in [0.2, 0.25) is 0 Å².